The predicted octanol–water partition coefficient (Wildman–Crippen LogP) is 1.90. The summed E-state index contributed by atoms with van der Waals surface area (Å²) in [5.41, 5.74) is 2.41. The van der Waals surface area contributed by atoms with E-state index in [0.29, 0.717) is 23.4 Å². The van der Waals surface area contributed by atoms with Gasteiger partial charge in [0.1, 0.15) is 0 Å². The highest BCUT2D eigenvalue weighted by Gasteiger charge is 2.26. The van der Waals surface area contributed by atoms with Gasteiger partial charge < -0.3 is 15.2 Å². The van der Waals surface area contributed by atoms with Crippen molar-refractivity contribution in [3.05, 3.63) is 53.1 Å². The molecule has 0 bridgehead atoms. The molecule has 2 aromatic carbocycles. The fraction of sp³-hybridized carbons (Fsp3) is 0.125. The Bertz CT molecular complexity index is 771. The largest absolute Gasteiger partial charge is 0.504 e. The SMILES string of the molecule is COc1cc(CNc2ccc3c(c2)C(=O)NC3=O)ccc1O. The lowest BCUT2D eigenvalue weighted by Crippen LogP contribution is -2.19. The van der Waals surface area contributed by atoms with Crippen LogP contribution in [-0.4, -0.2) is 24.0 Å². The van der Waals surface area contributed by atoms with Crippen LogP contribution in [0, 0.1) is 0 Å². The van der Waals surface area contributed by atoms with E-state index in [0.717, 1.165) is 11.3 Å². The van der Waals surface area contributed by atoms with E-state index in [1.165, 1.54) is 7.11 Å². The molecule has 22 heavy (non-hydrogen) atoms. The fourth-order valence-corrected chi connectivity index (χ4v) is 2.31. The highest BCUT2D eigenvalue weighted by molar-refractivity contribution is 6.21. The lowest BCUT2D eigenvalue weighted by Gasteiger charge is -2.09. The number of hydrogen-bond donors (Lipinski definition) is 3. The Balaban J connectivity index is 1.76. The molecule has 6 nitrogen and oxygen atoms in total. The third kappa shape index (κ3) is 2.46. The molecule has 1 aliphatic rings. The smallest absolute Gasteiger partial charge is 0.259 e. The highest BCUT2D eigenvalue weighted by atomic mass is 16.5. The average molecular weight is 298 g/mol. The van der Waals surface area contributed by atoms with Gasteiger partial charge in [-0.05, 0) is 35.9 Å². The molecule has 1 heterocycles. The van der Waals surface area contributed by atoms with Gasteiger partial charge in [-0.25, -0.2) is 0 Å². The number of benzene rings is 2. The summed E-state index contributed by atoms with van der Waals surface area (Å²) < 4.78 is 5.06. The number of aromatic hydroxyl groups is 1. The summed E-state index contributed by atoms with van der Waals surface area (Å²) in [5, 5.41) is 15.0. The minimum atomic E-state index is -0.380. The van der Waals surface area contributed by atoms with Crippen molar-refractivity contribution in [2.75, 3.05) is 12.4 Å². The molecule has 0 saturated heterocycles. The van der Waals surface area contributed by atoms with Gasteiger partial charge in [-0.2, -0.15) is 0 Å². The normalized spacial score (nSPS) is 12.8. The van der Waals surface area contributed by atoms with Gasteiger partial charge in [0.25, 0.3) is 11.8 Å². The summed E-state index contributed by atoms with van der Waals surface area (Å²) in [6, 6.07) is 10.1. The minimum Gasteiger partial charge on any atom is -0.504 e. The van der Waals surface area contributed by atoms with Crippen molar-refractivity contribution in [1.82, 2.24) is 5.32 Å². The number of imide groups is 1. The van der Waals surface area contributed by atoms with Crippen LogP contribution in [0.25, 0.3) is 0 Å². The third-order valence-corrected chi connectivity index (χ3v) is 3.48. The van der Waals surface area contributed by atoms with E-state index < -0.39 is 0 Å². The number of fused-ring (bicyclic) bond motifs is 1. The second kappa shape index (κ2) is 5.40. The van der Waals surface area contributed by atoms with E-state index in [9.17, 15) is 14.7 Å². The van der Waals surface area contributed by atoms with E-state index in [1.807, 2.05) is 0 Å². The molecule has 0 aromatic heterocycles. The Morgan fingerprint density at radius 1 is 1.09 bits per heavy atom. The second-order valence-electron chi connectivity index (χ2n) is 4.90. The van der Waals surface area contributed by atoms with Crippen molar-refractivity contribution in [3.63, 3.8) is 0 Å². The van der Waals surface area contributed by atoms with E-state index in [2.05, 4.69) is 10.6 Å². The first kappa shape index (κ1) is 13.9. The monoisotopic (exact) mass is 298 g/mol. The molecule has 3 N–H and O–H groups in total. The molecule has 0 unspecified atom stereocenters. The Hall–Kier alpha value is -3.02. The van der Waals surface area contributed by atoms with Gasteiger partial charge in [0, 0.05) is 12.2 Å². The number of phenolic OH excluding ortho intramolecular Hbond substituents is 1. The molecule has 1 aliphatic heterocycles. The number of carbonyl (C=O) groups is 2. The Kier molecular flexibility index (Phi) is 3.42. The van der Waals surface area contributed by atoms with Gasteiger partial charge in [-0.15, -0.1) is 0 Å². The number of amides is 2. The molecule has 6 heteroatoms. The summed E-state index contributed by atoms with van der Waals surface area (Å²) in [6.07, 6.45) is 0. The Morgan fingerprint density at radius 2 is 1.86 bits per heavy atom. The van der Waals surface area contributed by atoms with E-state index in [4.69, 9.17) is 4.74 Å². The lowest BCUT2D eigenvalue weighted by molar-refractivity contribution is 0.0879. The number of hydrogen-bond acceptors (Lipinski definition) is 5. The predicted molar refractivity (Wildman–Crippen MR) is 80.2 cm³/mol. The number of phenols is 1. The number of rotatable bonds is 4. The second-order valence-corrected chi connectivity index (χ2v) is 4.90. The van der Waals surface area contributed by atoms with Crippen LogP contribution in [0.2, 0.25) is 0 Å². The number of anilines is 1. The van der Waals surface area contributed by atoms with Gasteiger partial charge >= 0.3 is 0 Å². The number of ether oxygens (including phenoxy) is 1. The van der Waals surface area contributed by atoms with E-state index in [-0.39, 0.29) is 17.6 Å². The van der Waals surface area contributed by atoms with Crippen molar-refractivity contribution in [2.45, 2.75) is 6.54 Å². The van der Waals surface area contributed by atoms with Gasteiger partial charge in [0.05, 0.1) is 18.2 Å². The number of carbonyl (C=O) groups excluding carboxylic acids is 2. The maximum atomic E-state index is 11.6. The summed E-state index contributed by atoms with van der Waals surface area (Å²) in [5.74, 6) is -0.262. The first-order valence-electron chi connectivity index (χ1n) is 6.68. The zero-order valence-electron chi connectivity index (χ0n) is 11.8. The zero-order valence-corrected chi connectivity index (χ0v) is 11.8. The standard InChI is InChI=1S/C16H14N2O4/c1-22-14-6-9(2-5-13(14)19)8-17-10-3-4-11-12(7-10)16(21)18-15(11)20/h2-7,17,19H,8H2,1H3,(H,18,20,21). The fourth-order valence-electron chi connectivity index (χ4n) is 2.31. The molecule has 0 radical (unpaired) electrons. The van der Waals surface area contributed by atoms with Crippen molar-refractivity contribution >= 4 is 17.5 Å². The van der Waals surface area contributed by atoms with Crippen LogP contribution in [0.15, 0.2) is 36.4 Å². The molecular weight excluding hydrogens is 284 g/mol. The van der Waals surface area contributed by atoms with Crippen LogP contribution >= 0.6 is 0 Å². The molecule has 2 amide bonds. The summed E-state index contributed by atoms with van der Waals surface area (Å²) >= 11 is 0. The lowest BCUT2D eigenvalue weighted by atomic mass is 10.1. The summed E-state index contributed by atoms with van der Waals surface area (Å²) in [4.78, 5) is 23.1. The quantitative estimate of drug-likeness (QED) is 0.750. The molecule has 3 rings (SSSR count). The minimum absolute atomic E-state index is 0.0824. The molecule has 0 spiro atoms. The summed E-state index contributed by atoms with van der Waals surface area (Å²) in [7, 11) is 1.49. The topological polar surface area (TPSA) is 87.7 Å². The van der Waals surface area contributed by atoms with Crippen LogP contribution in [0.3, 0.4) is 0 Å². The molecular formula is C16H14N2O4. The number of nitrogens with one attached hydrogen (secondary N) is 2. The van der Waals surface area contributed by atoms with E-state index >= 15 is 0 Å². The molecule has 0 atom stereocenters. The maximum Gasteiger partial charge on any atom is 0.259 e. The number of methoxy groups -OCH3 is 1. The van der Waals surface area contributed by atoms with Crippen LogP contribution in [0.1, 0.15) is 26.3 Å². The molecule has 0 fully saturated rings. The van der Waals surface area contributed by atoms with Crippen molar-refractivity contribution in [3.8, 4) is 11.5 Å². The van der Waals surface area contributed by atoms with Crippen LogP contribution < -0.4 is 15.4 Å². The van der Waals surface area contributed by atoms with Crippen LogP contribution in [0.4, 0.5) is 5.69 Å². The van der Waals surface area contributed by atoms with Gasteiger partial charge in [-0.1, -0.05) is 6.07 Å². The van der Waals surface area contributed by atoms with Gasteiger partial charge in [0.2, 0.25) is 0 Å². The first-order chi connectivity index (χ1) is 10.6. The first-order valence-corrected chi connectivity index (χ1v) is 6.68. The average Bonchev–Trinajstić information content (AvgIpc) is 2.81. The van der Waals surface area contributed by atoms with Crippen LogP contribution in [0.5, 0.6) is 11.5 Å². The molecule has 2 aromatic rings. The van der Waals surface area contributed by atoms with Crippen molar-refractivity contribution < 1.29 is 19.4 Å². The van der Waals surface area contributed by atoms with Gasteiger partial charge in [-0.3, -0.25) is 14.9 Å². The van der Waals surface area contributed by atoms with Crippen molar-refractivity contribution in [1.29, 1.82) is 0 Å². The zero-order chi connectivity index (χ0) is 15.7. The third-order valence-electron chi connectivity index (χ3n) is 3.48. The summed E-state index contributed by atoms with van der Waals surface area (Å²) in [6.45, 7) is 0.491. The maximum absolute atomic E-state index is 11.6. The Labute approximate surface area is 126 Å². The van der Waals surface area contributed by atoms with Crippen molar-refractivity contribution in [2.24, 2.45) is 0 Å². The van der Waals surface area contributed by atoms with Crippen LogP contribution in [-0.2, 0) is 6.54 Å². The highest BCUT2D eigenvalue weighted by Crippen LogP contribution is 2.27. The molecule has 0 aliphatic carbocycles. The van der Waals surface area contributed by atoms with Gasteiger partial charge in [0.15, 0.2) is 11.5 Å². The Morgan fingerprint density at radius 3 is 2.64 bits per heavy atom. The molecule has 0 saturated carbocycles. The van der Waals surface area contributed by atoms with E-state index in [1.54, 1.807) is 36.4 Å². The molecule has 112 valence electrons.